The van der Waals surface area contributed by atoms with E-state index >= 15 is 0 Å². The summed E-state index contributed by atoms with van der Waals surface area (Å²) < 4.78 is 19.4. The van der Waals surface area contributed by atoms with Gasteiger partial charge >= 0.3 is 11.6 Å². The number of aromatic nitrogens is 1. The van der Waals surface area contributed by atoms with Crippen LogP contribution in [0.5, 0.6) is 5.75 Å². The smallest absolute Gasteiger partial charge is 0.336 e. The van der Waals surface area contributed by atoms with Crippen molar-refractivity contribution in [3.8, 4) is 5.75 Å². The molecule has 1 saturated heterocycles. The molecule has 3 aromatic rings. The van der Waals surface area contributed by atoms with E-state index in [2.05, 4.69) is 21.3 Å². The standard InChI is InChI=1S/C40H46N4O6S2/c1-5-23(2)37(47)50-38(3)13-10-25-22-51-52-39(11-6-7-12-39)36-28(19-42-4)21-44(36)33(45)15-27-20-43-32(41)16-29(27)35(25)40(38)18-26-14-24-8-9-34(46)48-30(24)17-31(26)49-40/h5,8-10,14,16-17,20,28,35-36,42H,6-7,11-13,15,18-19,21-22H2,1-4H3,(H2,41,43)/b23-5+/t28-,35+,36-,38-,40-/m1/s1. The molecule has 5 aliphatic rings. The minimum atomic E-state index is -1.14. The molecule has 2 fully saturated rings. The summed E-state index contributed by atoms with van der Waals surface area (Å²) in [5.74, 6) is 1.26. The van der Waals surface area contributed by atoms with Crippen molar-refractivity contribution in [1.29, 1.82) is 0 Å². The van der Waals surface area contributed by atoms with Crippen molar-refractivity contribution in [3.05, 3.63) is 86.9 Å². The molecule has 0 unspecified atom stereocenters. The highest BCUT2D eigenvalue weighted by Crippen LogP contribution is 2.60. The zero-order valence-electron chi connectivity index (χ0n) is 30.2. The number of carbonyl (C=O) groups excluding carboxylic acids is 2. The number of nitrogens with one attached hydrogen (secondary N) is 1. The van der Waals surface area contributed by atoms with Gasteiger partial charge in [0, 0.05) is 71.6 Å². The van der Waals surface area contributed by atoms with Crippen molar-refractivity contribution in [2.45, 2.75) is 93.6 Å². The maximum atomic E-state index is 14.5. The number of rotatable bonds is 4. The molecule has 8 rings (SSSR count). The molecule has 3 N–H and O–H groups in total. The van der Waals surface area contributed by atoms with Crippen LogP contribution in [0.4, 0.5) is 5.82 Å². The maximum absolute atomic E-state index is 14.5. The second-order valence-electron chi connectivity index (χ2n) is 15.3. The van der Waals surface area contributed by atoms with E-state index in [1.54, 1.807) is 31.3 Å². The highest BCUT2D eigenvalue weighted by molar-refractivity contribution is 8.77. The number of anilines is 1. The molecule has 10 nitrogen and oxygen atoms in total. The zero-order valence-corrected chi connectivity index (χ0v) is 31.8. The van der Waals surface area contributed by atoms with Gasteiger partial charge in [0.15, 0.2) is 11.2 Å². The van der Waals surface area contributed by atoms with Crippen molar-refractivity contribution in [2.75, 3.05) is 31.6 Å². The van der Waals surface area contributed by atoms with Crippen molar-refractivity contribution in [1.82, 2.24) is 15.2 Å². The quantitative estimate of drug-likeness (QED) is 0.105. The van der Waals surface area contributed by atoms with Gasteiger partial charge in [0.05, 0.1) is 18.4 Å². The molecule has 5 heterocycles. The van der Waals surface area contributed by atoms with Crippen LogP contribution in [-0.4, -0.2) is 69.6 Å². The number of nitrogen functional groups attached to an aromatic ring is 1. The highest BCUT2D eigenvalue weighted by atomic mass is 33.1. The van der Waals surface area contributed by atoms with Crippen LogP contribution in [0, 0.1) is 5.92 Å². The third-order valence-electron chi connectivity index (χ3n) is 12.2. The van der Waals surface area contributed by atoms with Gasteiger partial charge < -0.3 is 29.8 Å². The number of hydrogen-bond acceptors (Lipinski definition) is 11. The number of carbonyl (C=O) groups is 2. The van der Waals surface area contributed by atoms with Crippen LogP contribution in [0.25, 0.3) is 11.0 Å². The molecule has 2 aliphatic carbocycles. The van der Waals surface area contributed by atoms with E-state index < -0.39 is 28.7 Å². The Kier molecular flexibility index (Phi) is 9.02. The van der Waals surface area contributed by atoms with Crippen LogP contribution in [0.2, 0.25) is 0 Å². The van der Waals surface area contributed by atoms with Crippen LogP contribution in [-0.2, 0) is 27.2 Å². The second-order valence-corrected chi connectivity index (χ2v) is 18.1. The molecule has 12 heteroatoms. The largest absolute Gasteiger partial charge is 0.481 e. The summed E-state index contributed by atoms with van der Waals surface area (Å²) >= 11 is 0. The van der Waals surface area contributed by atoms with Crippen LogP contribution in [0.3, 0.4) is 0 Å². The zero-order chi connectivity index (χ0) is 36.4. The Balaban J connectivity index is 1.30. The van der Waals surface area contributed by atoms with Crippen LogP contribution in [0.1, 0.15) is 75.5 Å². The Morgan fingerprint density at radius 3 is 2.77 bits per heavy atom. The predicted octanol–water partition coefficient (Wildman–Crippen LogP) is 6.12. The third-order valence-corrected chi connectivity index (χ3v) is 15.5. The Bertz CT molecular complexity index is 2070. The van der Waals surface area contributed by atoms with E-state index in [-0.39, 0.29) is 23.1 Å². The average molecular weight is 743 g/mol. The molecular weight excluding hydrogens is 697 g/mol. The molecule has 274 valence electrons. The first-order chi connectivity index (χ1) is 25.0. The lowest BCUT2D eigenvalue weighted by atomic mass is 9.61. The van der Waals surface area contributed by atoms with Gasteiger partial charge in [0.1, 0.15) is 17.2 Å². The predicted molar refractivity (Wildman–Crippen MR) is 205 cm³/mol. The number of ether oxygens (including phenoxy) is 2. The lowest BCUT2D eigenvalue weighted by Crippen LogP contribution is -2.68. The Morgan fingerprint density at radius 1 is 1.19 bits per heavy atom. The molecule has 1 saturated carbocycles. The van der Waals surface area contributed by atoms with E-state index in [0.717, 1.165) is 66.4 Å². The number of amides is 1. The molecule has 0 radical (unpaired) electrons. The molecular formula is C40H46N4O6S2. The molecule has 1 aromatic carbocycles. The van der Waals surface area contributed by atoms with Crippen molar-refractivity contribution in [2.24, 2.45) is 5.92 Å². The topological polar surface area (TPSA) is 137 Å². The average Bonchev–Trinajstić information content (AvgIpc) is 3.72. The summed E-state index contributed by atoms with van der Waals surface area (Å²) in [6.07, 6.45) is 11.2. The Labute approximate surface area is 311 Å². The van der Waals surface area contributed by atoms with E-state index in [9.17, 15) is 14.4 Å². The van der Waals surface area contributed by atoms with Gasteiger partial charge in [0.2, 0.25) is 5.91 Å². The summed E-state index contributed by atoms with van der Waals surface area (Å²) in [6, 6.07) is 9.00. The minimum absolute atomic E-state index is 0.0257. The molecule has 0 bridgehead atoms. The fourth-order valence-corrected chi connectivity index (χ4v) is 13.2. The first-order valence-corrected chi connectivity index (χ1v) is 20.6. The van der Waals surface area contributed by atoms with Gasteiger partial charge in [-0.25, -0.2) is 14.6 Å². The molecule has 2 aromatic heterocycles. The Hall–Kier alpha value is -3.74. The van der Waals surface area contributed by atoms with E-state index in [0.29, 0.717) is 47.2 Å². The van der Waals surface area contributed by atoms with E-state index in [1.165, 1.54) is 6.07 Å². The maximum Gasteiger partial charge on any atom is 0.336 e. The fraction of sp³-hybridized carbons (Fsp3) is 0.500. The molecule has 3 aliphatic heterocycles. The minimum Gasteiger partial charge on any atom is -0.481 e. The van der Waals surface area contributed by atoms with Gasteiger partial charge in [-0.1, -0.05) is 52.2 Å². The number of hydrogen-bond donors (Lipinski definition) is 2. The fourth-order valence-electron chi connectivity index (χ4n) is 9.50. The summed E-state index contributed by atoms with van der Waals surface area (Å²) in [4.78, 5) is 47.0. The highest BCUT2D eigenvalue weighted by Gasteiger charge is 2.64. The monoisotopic (exact) mass is 742 g/mol. The van der Waals surface area contributed by atoms with Gasteiger partial charge in [0.25, 0.3) is 0 Å². The summed E-state index contributed by atoms with van der Waals surface area (Å²) in [7, 11) is 5.82. The normalized spacial score (nSPS) is 29.6. The summed E-state index contributed by atoms with van der Waals surface area (Å²) in [6.45, 7) is 7.14. The second kappa shape index (κ2) is 13.3. The SMILES string of the molecule is C/C=C(\C)C(=O)O[C@]1(C)CC=C2CSSC3(CCCC3)[C@H]3[C@H](CNC)CN3C(=O)Cc3cnc(N)cc3[C@H]2[C@]12Cc1cc3ccc(=O)oc3cc1O2. The lowest BCUT2D eigenvalue weighted by Gasteiger charge is -2.56. The lowest BCUT2D eigenvalue weighted by molar-refractivity contribution is -0.183. The number of fused-ring (bicyclic) bond motifs is 8. The number of nitrogens with two attached hydrogens (primary N) is 1. The molecule has 1 amide bonds. The molecule has 2 spiro atoms. The van der Waals surface area contributed by atoms with Gasteiger partial charge in [-0.05, 0) is 75.5 Å². The van der Waals surface area contributed by atoms with E-state index in [1.807, 2.05) is 54.6 Å². The van der Waals surface area contributed by atoms with Crippen LogP contribution < -0.4 is 21.4 Å². The number of allylic oxidation sites excluding steroid dienone is 1. The molecule has 52 heavy (non-hydrogen) atoms. The van der Waals surface area contributed by atoms with Crippen molar-refractivity contribution in [3.63, 3.8) is 0 Å². The van der Waals surface area contributed by atoms with Crippen LogP contribution >= 0.6 is 21.6 Å². The van der Waals surface area contributed by atoms with Gasteiger partial charge in [-0.3, -0.25) is 4.79 Å². The molecule has 5 atom stereocenters. The third kappa shape index (κ3) is 5.67. The number of benzene rings is 1. The first-order valence-electron chi connectivity index (χ1n) is 18.3. The van der Waals surface area contributed by atoms with Gasteiger partial charge in [-0.15, -0.1) is 0 Å². The number of nitrogens with zero attached hydrogens (tertiary/aromatic N) is 2. The number of pyridine rings is 1. The van der Waals surface area contributed by atoms with Gasteiger partial charge in [-0.2, -0.15) is 0 Å². The summed E-state index contributed by atoms with van der Waals surface area (Å²) in [5.41, 5.74) is 8.40. The van der Waals surface area contributed by atoms with Crippen LogP contribution in [0.15, 0.2) is 69.0 Å². The first kappa shape index (κ1) is 35.3. The van der Waals surface area contributed by atoms with Crippen molar-refractivity contribution >= 4 is 50.3 Å². The number of esters is 1. The van der Waals surface area contributed by atoms with Crippen molar-refractivity contribution < 1.29 is 23.5 Å². The van der Waals surface area contributed by atoms with E-state index in [4.69, 9.17) is 19.6 Å². The summed E-state index contributed by atoms with van der Waals surface area (Å²) in [5, 5.41) is 4.17. The Morgan fingerprint density at radius 2 is 2.00 bits per heavy atom.